The molecule has 0 aliphatic carbocycles. The minimum Gasteiger partial charge on any atom is -0.369 e. The molecule has 2 N–H and O–H groups in total. The Bertz CT molecular complexity index is 463. The van der Waals surface area contributed by atoms with Crippen LogP contribution in [0.2, 0.25) is 0 Å². The van der Waals surface area contributed by atoms with Gasteiger partial charge >= 0.3 is 0 Å². The van der Waals surface area contributed by atoms with Crippen LogP contribution in [0.4, 0.5) is 15.8 Å². The third-order valence-corrected chi connectivity index (χ3v) is 3.04. The maximum atomic E-state index is 13.9. The number of benzene rings is 1. The molecule has 1 aromatic carbocycles. The zero-order valence-corrected chi connectivity index (χ0v) is 11.5. The molecule has 106 valence electrons. The van der Waals surface area contributed by atoms with Crippen LogP contribution in [-0.4, -0.2) is 24.6 Å². The second-order valence-electron chi connectivity index (χ2n) is 5.28. The molecule has 0 unspecified atom stereocenters. The normalized spacial score (nSPS) is 11.4. The van der Waals surface area contributed by atoms with Crippen LogP contribution in [0.25, 0.3) is 0 Å². The highest BCUT2D eigenvalue weighted by Crippen LogP contribution is 2.26. The highest BCUT2D eigenvalue weighted by Gasteiger charge is 2.22. The largest absolute Gasteiger partial charge is 0.369 e. The number of nitro benzene ring substituents is 1. The Labute approximate surface area is 112 Å². The van der Waals surface area contributed by atoms with Crippen LogP contribution in [0.1, 0.15) is 20.8 Å². The zero-order valence-electron chi connectivity index (χ0n) is 11.5. The lowest BCUT2D eigenvalue weighted by molar-refractivity contribution is -0.385. The molecular weight excluding hydrogens is 249 g/mol. The van der Waals surface area contributed by atoms with Crippen molar-refractivity contribution in [3.63, 3.8) is 0 Å². The number of nitro groups is 1. The van der Waals surface area contributed by atoms with Crippen molar-refractivity contribution in [3.8, 4) is 0 Å². The van der Waals surface area contributed by atoms with Crippen molar-refractivity contribution in [2.75, 3.05) is 24.5 Å². The topological polar surface area (TPSA) is 72.4 Å². The van der Waals surface area contributed by atoms with Crippen LogP contribution in [0, 0.1) is 21.3 Å². The van der Waals surface area contributed by atoms with Crippen molar-refractivity contribution in [3.05, 3.63) is 34.1 Å². The van der Waals surface area contributed by atoms with E-state index in [1.165, 1.54) is 12.1 Å². The predicted octanol–water partition coefficient (Wildman–Crippen LogP) is 2.55. The van der Waals surface area contributed by atoms with Crippen LogP contribution in [-0.2, 0) is 0 Å². The van der Waals surface area contributed by atoms with E-state index in [-0.39, 0.29) is 11.1 Å². The zero-order chi connectivity index (χ0) is 14.6. The first-order valence-electron chi connectivity index (χ1n) is 6.19. The van der Waals surface area contributed by atoms with E-state index in [1.54, 1.807) is 0 Å². The van der Waals surface area contributed by atoms with Gasteiger partial charge in [0.05, 0.1) is 16.7 Å². The molecule has 6 heteroatoms. The Morgan fingerprint density at radius 2 is 2.11 bits per heavy atom. The van der Waals surface area contributed by atoms with Crippen molar-refractivity contribution in [1.29, 1.82) is 0 Å². The molecule has 0 saturated carbocycles. The summed E-state index contributed by atoms with van der Waals surface area (Å²) in [5.41, 5.74) is 5.66. The summed E-state index contributed by atoms with van der Waals surface area (Å²) in [6.45, 7) is 7.59. The van der Waals surface area contributed by atoms with E-state index in [9.17, 15) is 14.5 Å². The molecule has 0 aliphatic rings. The van der Waals surface area contributed by atoms with Crippen LogP contribution in [0.3, 0.4) is 0 Å². The number of hydrogen-bond donors (Lipinski definition) is 1. The van der Waals surface area contributed by atoms with Gasteiger partial charge in [-0.1, -0.05) is 13.8 Å². The van der Waals surface area contributed by atoms with Crippen LogP contribution < -0.4 is 10.6 Å². The van der Waals surface area contributed by atoms with Crippen LogP contribution in [0.15, 0.2) is 18.2 Å². The number of nitrogens with two attached hydrogens (primary N) is 1. The first-order valence-corrected chi connectivity index (χ1v) is 6.19. The van der Waals surface area contributed by atoms with E-state index >= 15 is 0 Å². The first kappa shape index (κ1) is 15.4. The second kappa shape index (κ2) is 5.97. The molecule has 1 aromatic rings. The lowest BCUT2D eigenvalue weighted by atomic mass is 9.93. The van der Waals surface area contributed by atoms with Crippen molar-refractivity contribution in [2.45, 2.75) is 20.8 Å². The Balaban J connectivity index is 3.02. The highest BCUT2D eigenvalue weighted by atomic mass is 19.1. The Morgan fingerprint density at radius 1 is 1.47 bits per heavy atom. The summed E-state index contributed by atoms with van der Waals surface area (Å²) in [7, 11) is 0. The molecule has 1 rings (SSSR count). The monoisotopic (exact) mass is 269 g/mol. The number of anilines is 1. The Morgan fingerprint density at radius 3 is 2.53 bits per heavy atom. The van der Waals surface area contributed by atoms with Gasteiger partial charge in [-0.2, -0.15) is 0 Å². The minimum atomic E-state index is -0.604. The molecule has 0 fully saturated rings. The number of halogens is 1. The number of hydrogen-bond acceptors (Lipinski definition) is 4. The number of nitrogens with zero attached hydrogens (tertiary/aromatic N) is 2. The van der Waals surface area contributed by atoms with E-state index in [4.69, 9.17) is 5.73 Å². The van der Waals surface area contributed by atoms with Crippen molar-refractivity contribution < 1.29 is 9.31 Å². The van der Waals surface area contributed by atoms with Gasteiger partial charge in [0.2, 0.25) is 0 Å². The minimum absolute atomic E-state index is 0.149. The molecule has 5 nitrogen and oxygen atoms in total. The number of rotatable bonds is 6. The second-order valence-corrected chi connectivity index (χ2v) is 5.28. The Hall–Kier alpha value is -1.69. The SMILES string of the molecule is CCN(CC(C)(C)CN)c1ccc([N+](=O)[O-])cc1F. The highest BCUT2D eigenvalue weighted by molar-refractivity contribution is 5.52. The van der Waals surface area contributed by atoms with Gasteiger partial charge in [0.1, 0.15) is 0 Å². The molecular formula is C13H20FN3O2. The molecule has 0 bridgehead atoms. The summed E-state index contributed by atoms with van der Waals surface area (Å²) >= 11 is 0. The average Bonchev–Trinajstić information content (AvgIpc) is 2.36. The molecule has 19 heavy (non-hydrogen) atoms. The van der Waals surface area contributed by atoms with Gasteiger partial charge in [-0.05, 0) is 24.9 Å². The van der Waals surface area contributed by atoms with Crippen molar-refractivity contribution in [2.24, 2.45) is 11.1 Å². The molecule has 0 aromatic heterocycles. The smallest absolute Gasteiger partial charge is 0.272 e. The fourth-order valence-electron chi connectivity index (χ4n) is 1.81. The summed E-state index contributed by atoms with van der Waals surface area (Å²) in [5, 5.41) is 10.6. The molecule has 0 saturated heterocycles. The van der Waals surface area contributed by atoms with Gasteiger partial charge in [0.25, 0.3) is 5.69 Å². The van der Waals surface area contributed by atoms with E-state index < -0.39 is 10.7 Å². The summed E-state index contributed by atoms with van der Waals surface area (Å²) in [6, 6.07) is 3.72. The van der Waals surface area contributed by atoms with Gasteiger partial charge in [0.15, 0.2) is 5.82 Å². The van der Waals surface area contributed by atoms with Crippen molar-refractivity contribution in [1.82, 2.24) is 0 Å². The predicted molar refractivity (Wildman–Crippen MR) is 73.8 cm³/mol. The summed E-state index contributed by atoms with van der Waals surface area (Å²) in [6.07, 6.45) is 0. The number of non-ortho nitro benzene ring substituents is 1. The van der Waals surface area contributed by atoms with Gasteiger partial charge in [-0.3, -0.25) is 10.1 Å². The molecule has 0 atom stereocenters. The fraction of sp³-hybridized carbons (Fsp3) is 0.538. The maximum Gasteiger partial charge on any atom is 0.272 e. The van der Waals surface area contributed by atoms with Crippen molar-refractivity contribution >= 4 is 11.4 Å². The fourth-order valence-corrected chi connectivity index (χ4v) is 1.81. The van der Waals surface area contributed by atoms with Gasteiger partial charge < -0.3 is 10.6 Å². The van der Waals surface area contributed by atoms with E-state index in [1.807, 2.05) is 25.7 Å². The van der Waals surface area contributed by atoms with Gasteiger partial charge in [-0.25, -0.2) is 4.39 Å². The first-order chi connectivity index (χ1) is 8.80. The quantitative estimate of drug-likeness (QED) is 0.636. The molecule has 0 spiro atoms. The molecule has 0 aliphatic heterocycles. The lowest BCUT2D eigenvalue weighted by Gasteiger charge is -2.32. The molecule has 0 heterocycles. The third-order valence-electron chi connectivity index (χ3n) is 3.04. The van der Waals surface area contributed by atoms with Gasteiger partial charge in [-0.15, -0.1) is 0 Å². The van der Waals surface area contributed by atoms with Gasteiger partial charge in [0, 0.05) is 19.2 Å². The maximum absolute atomic E-state index is 13.9. The molecule has 0 radical (unpaired) electrons. The standard InChI is InChI=1S/C13H20FN3O2/c1-4-16(9-13(2,3)8-15)12-6-5-10(17(18)19)7-11(12)14/h5-7H,4,8-9,15H2,1-3H3. The van der Waals surface area contributed by atoms with E-state index in [2.05, 4.69) is 0 Å². The Kier molecular flexibility index (Phi) is 4.83. The summed E-state index contributed by atoms with van der Waals surface area (Å²) < 4.78 is 13.9. The third kappa shape index (κ3) is 3.89. The van der Waals surface area contributed by atoms with Crippen LogP contribution >= 0.6 is 0 Å². The average molecular weight is 269 g/mol. The summed E-state index contributed by atoms with van der Waals surface area (Å²) in [4.78, 5) is 11.8. The van der Waals surface area contributed by atoms with E-state index in [0.717, 1.165) is 6.07 Å². The van der Waals surface area contributed by atoms with Crippen LogP contribution in [0.5, 0.6) is 0 Å². The molecule has 0 amide bonds. The lowest BCUT2D eigenvalue weighted by Crippen LogP contribution is -2.39. The van der Waals surface area contributed by atoms with E-state index in [0.29, 0.717) is 25.3 Å². The summed E-state index contributed by atoms with van der Waals surface area (Å²) in [5.74, 6) is -0.580.